The molecule has 1 aliphatic heterocycles. The predicted molar refractivity (Wildman–Crippen MR) is 80.8 cm³/mol. The highest BCUT2D eigenvalue weighted by Gasteiger charge is 2.30. The molecule has 0 saturated carbocycles. The van der Waals surface area contributed by atoms with Gasteiger partial charge in [0.05, 0.1) is 22.0 Å². The molecule has 1 saturated heterocycles. The number of alkyl halides is 1. The zero-order valence-corrected chi connectivity index (χ0v) is 13.8. The van der Waals surface area contributed by atoms with Crippen molar-refractivity contribution in [2.45, 2.75) is 45.4 Å². The molecule has 0 bridgehead atoms. The molecule has 0 aromatic carbocycles. The van der Waals surface area contributed by atoms with Gasteiger partial charge in [0.25, 0.3) is 0 Å². The summed E-state index contributed by atoms with van der Waals surface area (Å²) in [5, 5.41) is 4.88. The molecule has 1 aliphatic rings. The molecule has 4 nitrogen and oxygen atoms in total. The van der Waals surface area contributed by atoms with E-state index in [9.17, 15) is 4.79 Å². The van der Waals surface area contributed by atoms with E-state index in [1.807, 2.05) is 26.2 Å². The first kappa shape index (κ1) is 15.7. The molecule has 0 spiro atoms. The Labute approximate surface area is 129 Å². The third-order valence-corrected chi connectivity index (χ3v) is 4.59. The third kappa shape index (κ3) is 3.93. The molecule has 2 heterocycles. The maximum absolute atomic E-state index is 11.9. The van der Waals surface area contributed by atoms with Gasteiger partial charge in [-0.05, 0) is 33.6 Å². The van der Waals surface area contributed by atoms with E-state index in [1.165, 1.54) is 0 Å². The van der Waals surface area contributed by atoms with Crippen LogP contribution in [0.4, 0.5) is 0 Å². The second-order valence-electron chi connectivity index (χ2n) is 6.17. The van der Waals surface area contributed by atoms with Crippen molar-refractivity contribution < 1.29 is 9.63 Å². The number of piperidine rings is 1. The summed E-state index contributed by atoms with van der Waals surface area (Å²) in [6.07, 6.45) is 2.09. The lowest BCUT2D eigenvalue weighted by Crippen LogP contribution is -2.39. The number of carbonyl (C=O) groups excluding carboxylic acids is 1. The summed E-state index contributed by atoms with van der Waals surface area (Å²) in [5.74, 6) is 0.601. The fourth-order valence-electron chi connectivity index (χ4n) is 2.05. The van der Waals surface area contributed by atoms with Crippen molar-refractivity contribution >= 4 is 28.9 Å². The Hall–Kier alpha value is -0.650. The Morgan fingerprint density at radius 1 is 1.60 bits per heavy atom. The molecule has 20 heavy (non-hydrogen) atoms. The lowest BCUT2D eigenvalue weighted by atomic mass is 9.97. The molecule has 1 fully saturated rings. The quantitative estimate of drug-likeness (QED) is 0.800. The van der Waals surface area contributed by atoms with Crippen LogP contribution in [0.1, 0.15) is 50.2 Å². The Balaban J connectivity index is 1.96. The van der Waals surface area contributed by atoms with Crippen molar-refractivity contribution in [2.75, 3.05) is 13.1 Å². The van der Waals surface area contributed by atoms with Crippen LogP contribution in [0.3, 0.4) is 0 Å². The molecule has 0 radical (unpaired) electrons. The smallest absolute Gasteiger partial charge is 0.330 e. The van der Waals surface area contributed by atoms with Crippen LogP contribution in [0.25, 0.3) is 0 Å². The first-order chi connectivity index (χ1) is 9.40. The van der Waals surface area contributed by atoms with E-state index in [2.05, 4.69) is 4.98 Å². The van der Waals surface area contributed by atoms with Gasteiger partial charge in [0.15, 0.2) is 0 Å². The van der Waals surface area contributed by atoms with Crippen LogP contribution in [0.2, 0.25) is 0 Å². The Morgan fingerprint density at radius 2 is 2.35 bits per heavy atom. The van der Waals surface area contributed by atoms with Crippen LogP contribution in [-0.4, -0.2) is 29.1 Å². The van der Waals surface area contributed by atoms with Crippen LogP contribution in [-0.2, 0) is 15.5 Å². The van der Waals surface area contributed by atoms with Gasteiger partial charge in [-0.15, -0.1) is 28.0 Å². The lowest BCUT2D eigenvalue weighted by Gasteiger charge is -2.31. The summed E-state index contributed by atoms with van der Waals surface area (Å²) in [6.45, 7) is 7.11. The van der Waals surface area contributed by atoms with E-state index < -0.39 is 5.41 Å². The number of thiazole rings is 1. The molecule has 0 aliphatic carbocycles. The zero-order valence-electron chi connectivity index (χ0n) is 12.2. The van der Waals surface area contributed by atoms with Gasteiger partial charge in [0, 0.05) is 24.4 Å². The highest BCUT2D eigenvalue weighted by Crippen LogP contribution is 2.30. The molecular weight excluding hydrogens is 296 g/mol. The minimum absolute atomic E-state index is 0.182. The number of carbonyl (C=O) groups is 1. The molecule has 0 N–H and O–H groups in total. The summed E-state index contributed by atoms with van der Waals surface area (Å²) in [7, 11) is 0. The molecule has 1 aromatic rings. The van der Waals surface area contributed by atoms with Crippen molar-refractivity contribution in [1.29, 1.82) is 0 Å². The summed E-state index contributed by atoms with van der Waals surface area (Å²) in [5.41, 5.74) is 0.454. The number of nitrogens with zero attached hydrogens (tertiary/aromatic N) is 2. The number of halogens is 1. The summed E-state index contributed by atoms with van der Waals surface area (Å²) >= 11 is 7.44. The predicted octanol–water partition coefficient (Wildman–Crippen LogP) is 3.57. The molecule has 112 valence electrons. The Bertz CT molecular complexity index is 470. The molecule has 0 amide bonds. The van der Waals surface area contributed by atoms with Crippen LogP contribution in [0.5, 0.6) is 0 Å². The molecule has 1 unspecified atom stereocenters. The topological polar surface area (TPSA) is 42.4 Å². The van der Waals surface area contributed by atoms with E-state index in [1.54, 1.807) is 16.4 Å². The van der Waals surface area contributed by atoms with Gasteiger partial charge in [-0.2, -0.15) is 0 Å². The molecule has 1 atom stereocenters. The maximum atomic E-state index is 11.9. The van der Waals surface area contributed by atoms with Crippen molar-refractivity contribution in [2.24, 2.45) is 5.41 Å². The second kappa shape index (κ2) is 6.41. The van der Waals surface area contributed by atoms with E-state index >= 15 is 0 Å². The number of aromatic nitrogens is 1. The average molecular weight is 317 g/mol. The van der Waals surface area contributed by atoms with Crippen LogP contribution < -0.4 is 0 Å². The number of rotatable bonds is 3. The standard InChI is InChI=1S/C14H21ClN2O2S/c1-14(2,3)13(18)19-17-6-4-5-10(8-17)12-16-11(7-15)9-20-12/h9-10H,4-8H2,1-3H3. The van der Waals surface area contributed by atoms with E-state index in [-0.39, 0.29) is 5.97 Å². The summed E-state index contributed by atoms with van der Waals surface area (Å²) in [6, 6.07) is 0. The normalized spacial score (nSPS) is 20.9. The van der Waals surface area contributed by atoms with Crippen molar-refractivity contribution in [1.82, 2.24) is 10.0 Å². The lowest BCUT2D eigenvalue weighted by molar-refractivity contribution is -0.205. The Kier molecular flexibility index (Phi) is 5.04. The fourth-order valence-corrected chi connectivity index (χ4v) is 3.23. The monoisotopic (exact) mass is 316 g/mol. The van der Waals surface area contributed by atoms with Gasteiger partial charge < -0.3 is 4.84 Å². The highest BCUT2D eigenvalue weighted by molar-refractivity contribution is 7.09. The van der Waals surface area contributed by atoms with Gasteiger partial charge in [-0.1, -0.05) is 0 Å². The molecule has 1 aromatic heterocycles. The van der Waals surface area contributed by atoms with Crippen molar-refractivity contribution in [3.63, 3.8) is 0 Å². The minimum Gasteiger partial charge on any atom is -0.367 e. The summed E-state index contributed by atoms with van der Waals surface area (Å²) < 4.78 is 0. The molecule has 2 rings (SSSR count). The summed E-state index contributed by atoms with van der Waals surface area (Å²) in [4.78, 5) is 22.0. The highest BCUT2D eigenvalue weighted by atomic mass is 35.5. The number of hydrogen-bond donors (Lipinski definition) is 0. The van der Waals surface area contributed by atoms with E-state index in [4.69, 9.17) is 16.4 Å². The minimum atomic E-state index is -0.472. The largest absolute Gasteiger partial charge is 0.367 e. The van der Waals surface area contributed by atoms with Gasteiger partial charge in [0.1, 0.15) is 0 Å². The van der Waals surface area contributed by atoms with Crippen molar-refractivity contribution in [3.05, 3.63) is 16.1 Å². The fraction of sp³-hybridized carbons (Fsp3) is 0.714. The maximum Gasteiger partial charge on any atom is 0.330 e. The average Bonchev–Trinajstić information content (AvgIpc) is 2.86. The van der Waals surface area contributed by atoms with Crippen LogP contribution >= 0.6 is 22.9 Å². The Morgan fingerprint density at radius 3 is 2.95 bits per heavy atom. The third-order valence-electron chi connectivity index (χ3n) is 3.26. The first-order valence-electron chi connectivity index (χ1n) is 6.87. The van der Waals surface area contributed by atoms with Gasteiger partial charge >= 0.3 is 5.97 Å². The van der Waals surface area contributed by atoms with E-state index in [0.29, 0.717) is 11.8 Å². The van der Waals surface area contributed by atoms with Gasteiger partial charge in [0.2, 0.25) is 0 Å². The van der Waals surface area contributed by atoms with Crippen LogP contribution in [0.15, 0.2) is 5.38 Å². The second-order valence-corrected chi connectivity index (χ2v) is 7.32. The molecule has 6 heteroatoms. The number of hydroxylamine groups is 2. The van der Waals surface area contributed by atoms with Gasteiger partial charge in [-0.25, -0.2) is 9.78 Å². The number of hydrogen-bond acceptors (Lipinski definition) is 5. The van der Waals surface area contributed by atoms with Crippen LogP contribution in [0, 0.1) is 5.41 Å². The zero-order chi connectivity index (χ0) is 14.8. The SMILES string of the molecule is CC(C)(C)C(=O)ON1CCCC(c2nc(CCl)cs2)C1. The first-order valence-corrected chi connectivity index (χ1v) is 8.29. The van der Waals surface area contributed by atoms with E-state index in [0.717, 1.165) is 36.6 Å². The van der Waals surface area contributed by atoms with Gasteiger partial charge in [-0.3, -0.25) is 0 Å². The van der Waals surface area contributed by atoms with Crippen molar-refractivity contribution in [3.8, 4) is 0 Å². The molecular formula is C14H21ClN2O2S.